The largest absolute Gasteiger partial charge is 0.334 e. The van der Waals surface area contributed by atoms with Gasteiger partial charge in [0.2, 0.25) is 5.91 Å². The first kappa shape index (κ1) is 17.7. The lowest BCUT2D eigenvalue weighted by Crippen LogP contribution is -2.41. The van der Waals surface area contributed by atoms with Crippen LogP contribution in [0, 0.1) is 0 Å². The van der Waals surface area contributed by atoms with Crippen LogP contribution in [-0.2, 0) is 29.0 Å². The highest BCUT2D eigenvalue weighted by Crippen LogP contribution is 2.35. The Balaban J connectivity index is 1.41. The molecule has 0 aromatic carbocycles. The molecule has 27 heavy (non-hydrogen) atoms. The van der Waals surface area contributed by atoms with Gasteiger partial charge >= 0.3 is 6.03 Å². The molecule has 1 saturated heterocycles. The van der Waals surface area contributed by atoms with E-state index < -0.39 is 12.1 Å². The van der Waals surface area contributed by atoms with Gasteiger partial charge in [-0.15, -0.1) is 16.4 Å². The third-order valence-corrected chi connectivity index (χ3v) is 5.95. The van der Waals surface area contributed by atoms with Crippen molar-refractivity contribution in [1.29, 1.82) is 0 Å². The fourth-order valence-corrected chi connectivity index (χ4v) is 4.61. The smallest absolute Gasteiger partial charge is 0.322 e. The van der Waals surface area contributed by atoms with Crippen LogP contribution in [0.25, 0.3) is 0 Å². The summed E-state index contributed by atoms with van der Waals surface area (Å²) >= 11 is 1.75. The summed E-state index contributed by atoms with van der Waals surface area (Å²) < 4.78 is 1.49. The number of hydrogen-bond donors (Lipinski definition) is 2. The number of carbonyl (C=O) groups excluding carboxylic acids is 3. The third-order valence-electron chi connectivity index (χ3n) is 4.96. The molecule has 0 saturated carbocycles. The Kier molecular flexibility index (Phi) is 4.65. The number of fused-ring (bicyclic) bond motifs is 1. The highest BCUT2D eigenvalue weighted by molar-refractivity contribution is 7.10. The van der Waals surface area contributed by atoms with E-state index in [-0.39, 0.29) is 30.8 Å². The number of rotatable bonds is 5. The Morgan fingerprint density at radius 1 is 1.41 bits per heavy atom. The quantitative estimate of drug-likeness (QED) is 0.730. The summed E-state index contributed by atoms with van der Waals surface area (Å²) in [5.41, 5.74) is 1.81. The molecule has 2 atom stereocenters. The number of amides is 4. The van der Waals surface area contributed by atoms with Crippen LogP contribution in [0.2, 0.25) is 0 Å². The Morgan fingerprint density at radius 3 is 3.00 bits per heavy atom. The summed E-state index contributed by atoms with van der Waals surface area (Å²) in [6, 6.07) is 1.06. The molecule has 9 nitrogen and oxygen atoms in total. The summed E-state index contributed by atoms with van der Waals surface area (Å²) in [4.78, 5) is 38.9. The summed E-state index contributed by atoms with van der Waals surface area (Å²) in [5, 5.41) is 14.8. The highest BCUT2D eigenvalue weighted by Gasteiger charge is 2.32. The predicted molar refractivity (Wildman–Crippen MR) is 97.0 cm³/mol. The second-order valence-corrected chi connectivity index (χ2v) is 7.69. The summed E-state index contributed by atoms with van der Waals surface area (Å²) in [6.07, 6.45) is 3.64. The zero-order valence-electron chi connectivity index (χ0n) is 14.8. The number of nitrogens with zero attached hydrogens (tertiary/aromatic N) is 4. The van der Waals surface area contributed by atoms with Crippen molar-refractivity contribution < 1.29 is 14.4 Å². The van der Waals surface area contributed by atoms with Crippen LogP contribution in [0.3, 0.4) is 0 Å². The number of nitrogens with one attached hydrogen (secondary N) is 2. The SMILES string of the molecule is CC[C@H]1c2ccsc2CCN1C(=O)Cn1cc(C[C@H]2NC(=O)NC2=O)nn1. The number of aromatic nitrogens is 3. The van der Waals surface area contributed by atoms with Gasteiger partial charge < -0.3 is 10.2 Å². The lowest BCUT2D eigenvalue weighted by Gasteiger charge is -2.35. The van der Waals surface area contributed by atoms with E-state index in [1.165, 1.54) is 15.1 Å². The second-order valence-electron chi connectivity index (χ2n) is 6.69. The van der Waals surface area contributed by atoms with Crippen molar-refractivity contribution in [3.63, 3.8) is 0 Å². The molecule has 0 unspecified atom stereocenters. The Bertz CT molecular complexity index is 891. The van der Waals surface area contributed by atoms with Gasteiger partial charge in [-0.25, -0.2) is 9.48 Å². The van der Waals surface area contributed by atoms with Gasteiger partial charge in [-0.2, -0.15) is 0 Å². The van der Waals surface area contributed by atoms with Crippen molar-refractivity contribution in [2.75, 3.05) is 6.54 Å². The second kappa shape index (κ2) is 7.10. The fourth-order valence-electron chi connectivity index (χ4n) is 3.69. The Labute approximate surface area is 159 Å². The number of hydrogen-bond acceptors (Lipinski definition) is 6. The number of thiophene rings is 1. The number of imide groups is 1. The van der Waals surface area contributed by atoms with E-state index in [2.05, 4.69) is 39.3 Å². The molecule has 1 fully saturated rings. The van der Waals surface area contributed by atoms with Gasteiger partial charge in [0.25, 0.3) is 5.91 Å². The van der Waals surface area contributed by atoms with E-state index in [9.17, 15) is 14.4 Å². The Hall–Kier alpha value is -2.75. The molecule has 4 rings (SSSR count). The number of urea groups is 1. The normalized spacial score (nSPS) is 21.7. The van der Waals surface area contributed by atoms with Crippen LogP contribution in [-0.4, -0.2) is 50.3 Å². The topological polar surface area (TPSA) is 109 Å². The zero-order chi connectivity index (χ0) is 19.0. The van der Waals surface area contributed by atoms with Crippen molar-refractivity contribution >= 4 is 29.2 Å². The van der Waals surface area contributed by atoms with Crippen molar-refractivity contribution in [3.05, 3.63) is 33.8 Å². The van der Waals surface area contributed by atoms with Gasteiger partial charge in [0.1, 0.15) is 12.6 Å². The molecule has 0 aliphatic carbocycles. The van der Waals surface area contributed by atoms with Crippen LogP contribution in [0.4, 0.5) is 4.79 Å². The zero-order valence-corrected chi connectivity index (χ0v) is 15.7. The van der Waals surface area contributed by atoms with Gasteiger partial charge in [0.05, 0.1) is 11.7 Å². The third kappa shape index (κ3) is 3.44. The van der Waals surface area contributed by atoms with E-state index in [1.807, 2.05) is 4.90 Å². The van der Waals surface area contributed by atoms with E-state index >= 15 is 0 Å². The first-order valence-electron chi connectivity index (χ1n) is 8.91. The molecule has 0 radical (unpaired) electrons. The van der Waals surface area contributed by atoms with Crippen molar-refractivity contribution in [3.8, 4) is 0 Å². The van der Waals surface area contributed by atoms with Crippen LogP contribution < -0.4 is 10.6 Å². The maximum Gasteiger partial charge on any atom is 0.322 e. The first-order chi connectivity index (χ1) is 13.0. The summed E-state index contributed by atoms with van der Waals surface area (Å²) in [6.45, 7) is 2.90. The molecule has 2 aromatic rings. The van der Waals surface area contributed by atoms with Gasteiger partial charge in [-0.3, -0.25) is 14.9 Å². The minimum atomic E-state index is -0.651. The van der Waals surface area contributed by atoms with Crippen molar-refractivity contribution in [2.24, 2.45) is 0 Å². The van der Waals surface area contributed by atoms with Crippen LogP contribution in [0.1, 0.15) is 35.5 Å². The van der Waals surface area contributed by atoms with Gasteiger partial charge in [-0.1, -0.05) is 12.1 Å². The predicted octanol–water partition coefficient (Wildman–Crippen LogP) is 0.626. The molecular weight excluding hydrogens is 368 g/mol. The lowest BCUT2D eigenvalue weighted by atomic mass is 9.98. The standard InChI is InChI=1S/C17H20N6O3S/c1-2-13-11-4-6-27-14(11)3-5-23(13)15(24)9-22-8-10(20-21-22)7-12-16(25)19-17(26)18-12/h4,6,8,12-13H,2-3,5,7,9H2,1H3,(H2,18,19,25,26)/t12-,13+/m1/s1. The monoisotopic (exact) mass is 388 g/mol. The van der Waals surface area contributed by atoms with Crippen LogP contribution in [0.15, 0.2) is 17.6 Å². The fraction of sp³-hybridized carbons (Fsp3) is 0.471. The van der Waals surface area contributed by atoms with Crippen molar-refractivity contribution in [2.45, 2.75) is 44.8 Å². The average molecular weight is 388 g/mol. The minimum Gasteiger partial charge on any atom is -0.334 e. The summed E-state index contributed by atoms with van der Waals surface area (Å²) in [7, 11) is 0. The molecule has 4 heterocycles. The highest BCUT2D eigenvalue weighted by atomic mass is 32.1. The molecule has 0 spiro atoms. The van der Waals surface area contributed by atoms with E-state index in [0.29, 0.717) is 12.2 Å². The average Bonchev–Trinajstić information content (AvgIpc) is 3.35. The van der Waals surface area contributed by atoms with Crippen LogP contribution in [0.5, 0.6) is 0 Å². The molecule has 0 bridgehead atoms. The lowest BCUT2D eigenvalue weighted by molar-refractivity contribution is -0.135. The molecule has 2 N–H and O–H groups in total. The molecule has 4 amide bonds. The van der Waals surface area contributed by atoms with Gasteiger partial charge in [0.15, 0.2) is 0 Å². The maximum absolute atomic E-state index is 12.8. The van der Waals surface area contributed by atoms with E-state index in [0.717, 1.165) is 12.8 Å². The Morgan fingerprint density at radius 2 is 2.26 bits per heavy atom. The maximum atomic E-state index is 12.8. The minimum absolute atomic E-state index is 0.00191. The van der Waals surface area contributed by atoms with Gasteiger partial charge in [-0.05, 0) is 29.9 Å². The van der Waals surface area contributed by atoms with E-state index in [4.69, 9.17) is 0 Å². The first-order valence-corrected chi connectivity index (χ1v) is 9.79. The van der Waals surface area contributed by atoms with Crippen molar-refractivity contribution in [1.82, 2.24) is 30.5 Å². The van der Waals surface area contributed by atoms with Gasteiger partial charge in [0, 0.05) is 24.0 Å². The molecule has 2 aliphatic rings. The molecule has 2 aliphatic heterocycles. The number of carbonyl (C=O) groups is 3. The molecule has 142 valence electrons. The van der Waals surface area contributed by atoms with Crippen LogP contribution >= 0.6 is 11.3 Å². The molecular formula is C17H20N6O3S. The van der Waals surface area contributed by atoms with E-state index in [1.54, 1.807) is 17.5 Å². The molecule has 2 aromatic heterocycles. The molecule has 10 heteroatoms. The summed E-state index contributed by atoms with van der Waals surface area (Å²) in [5.74, 6) is -0.377.